The number of anilines is 2. The fourth-order valence-electron chi connectivity index (χ4n) is 1.28. The molecule has 2 heterocycles. The summed E-state index contributed by atoms with van der Waals surface area (Å²) in [5, 5.41) is 3.97. The third-order valence-corrected chi connectivity index (χ3v) is 3.46. The number of thiocarbonyl (C=S) groups is 1. The summed E-state index contributed by atoms with van der Waals surface area (Å²) in [6, 6.07) is 5.50. The number of rotatable bonds is 3. The van der Waals surface area contributed by atoms with Gasteiger partial charge >= 0.3 is 0 Å². The van der Waals surface area contributed by atoms with Crippen LogP contribution in [0.15, 0.2) is 18.2 Å². The highest BCUT2D eigenvalue weighted by molar-refractivity contribution is 7.80. The zero-order valence-electron chi connectivity index (χ0n) is 9.52. The molecule has 4 nitrogen and oxygen atoms in total. The molecular formula is C11H12N4S2. The molecule has 0 aliphatic rings. The van der Waals surface area contributed by atoms with Gasteiger partial charge in [-0.05, 0) is 26.0 Å². The molecule has 2 rings (SSSR count). The first-order chi connectivity index (χ1) is 8.06. The van der Waals surface area contributed by atoms with Crippen molar-refractivity contribution < 1.29 is 0 Å². The molecular weight excluding hydrogens is 252 g/mol. The highest BCUT2D eigenvalue weighted by Gasteiger charge is 2.05. The lowest BCUT2D eigenvalue weighted by molar-refractivity contribution is 1.21. The Balaban J connectivity index is 2.24. The zero-order valence-corrected chi connectivity index (χ0v) is 11.2. The molecule has 0 saturated carbocycles. The quantitative estimate of drug-likeness (QED) is 0.834. The van der Waals surface area contributed by atoms with Gasteiger partial charge < -0.3 is 11.1 Å². The summed E-state index contributed by atoms with van der Waals surface area (Å²) in [7, 11) is 0. The van der Waals surface area contributed by atoms with Crippen molar-refractivity contribution in [1.82, 2.24) is 9.97 Å². The molecule has 0 amide bonds. The molecule has 6 heteroatoms. The Morgan fingerprint density at radius 1 is 1.35 bits per heavy atom. The number of nitrogens with one attached hydrogen (secondary N) is 1. The van der Waals surface area contributed by atoms with E-state index in [1.807, 2.05) is 26.0 Å². The predicted octanol–water partition coefficient (Wildman–Crippen LogP) is 2.53. The lowest BCUT2D eigenvalue weighted by atomic mass is 10.3. The van der Waals surface area contributed by atoms with E-state index in [2.05, 4.69) is 15.3 Å². The lowest BCUT2D eigenvalue weighted by Gasteiger charge is -2.03. The van der Waals surface area contributed by atoms with Crippen LogP contribution in [0.2, 0.25) is 0 Å². The Labute approximate surface area is 109 Å². The van der Waals surface area contributed by atoms with Crippen LogP contribution < -0.4 is 11.1 Å². The van der Waals surface area contributed by atoms with Crippen molar-refractivity contribution in [1.29, 1.82) is 0 Å². The smallest absolute Gasteiger partial charge is 0.188 e. The van der Waals surface area contributed by atoms with Gasteiger partial charge in [-0.3, -0.25) is 0 Å². The molecule has 0 saturated heterocycles. The third-order valence-electron chi connectivity index (χ3n) is 2.27. The van der Waals surface area contributed by atoms with Crippen molar-refractivity contribution in [2.75, 3.05) is 5.32 Å². The van der Waals surface area contributed by atoms with Gasteiger partial charge in [0.15, 0.2) is 5.13 Å². The number of nitrogens with two attached hydrogens (primary N) is 1. The van der Waals surface area contributed by atoms with Crippen LogP contribution in [0.4, 0.5) is 10.9 Å². The van der Waals surface area contributed by atoms with Gasteiger partial charge in [0.05, 0.1) is 11.4 Å². The fraction of sp³-hybridized carbons (Fsp3) is 0.182. The van der Waals surface area contributed by atoms with Gasteiger partial charge in [0.1, 0.15) is 10.8 Å². The van der Waals surface area contributed by atoms with E-state index in [9.17, 15) is 0 Å². The van der Waals surface area contributed by atoms with Gasteiger partial charge in [-0.1, -0.05) is 18.3 Å². The Kier molecular flexibility index (Phi) is 3.35. The van der Waals surface area contributed by atoms with Gasteiger partial charge in [0.2, 0.25) is 0 Å². The van der Waals surface area contributed by atoms with Crippen molar-refractivity contribution >= 4 is 39.5 Å². The number of aromatic nitrogens is 2. The van der Waals surface area contributed by atoms with Crippen molar-refractivity contribution in [3.63, 3.8) is 0 Å². The normalized spacial score (nSPS) is 10.2. The average Bonchev–Trinajstić information content (AvgIpc) is 2.58. The van der Waals surface area contributed by atoms with E-state index in [0.29, 0.717) is 16.5 Å². The number of hydrogen-bond donors (Lipinski definition) is 2. The highest BCUT2D eigenvalue weighted by Crippen LogP contribution is 2.23. The molecule has 0 aliphatic heterocycles. The molecule has 0 radical (unpaired) electrons. The lowest BCUT2D eigenvalue weighted by Crippen LogP contribution is -2.12. The molecule has 17 heavy (non-hydrogen) atoms. The van der Waals surface area contributed by atoms with Crippen molar-refractivity contribution in [3.8, 4) is 0 Å². The molecule has 0 atom stereocenters. The number of pyridine rings is 1. The number of hydrogen-bond acceptors (Lipinski definition) is 5. The second-order valence-electron chi connectivity index (χ2n) is 3.56. The van der Waals surface area contributed by atoms with E-state index in [1.54, 1.807) is 17.4 Å². The minimum absolute atomic E-state index is 0.292. The summed E-state index contributed by atoms with van der Waals surface area (Å²) in [4.78, 5) is 10.2. The monoisotopic (exact) mass is 264 g/mol. The summed E-state index contributed by atoms with van der Waals surface area (Å²) in [6.45, 7) is 4.02. The maximum atomic E-state index is 5.53. The summed E-state index contributed by atoms with van der Waals surface area (Å²) in [6.07, 6.45) is 0. The van der Waals surface area contributed by atoms with Crippen LogP contribution in [0.3, 0.4) is 0 Å². The van der Waals surface area contributed by atoms with E-state index < -0.39 is 0 Å². The Hall–Kier alpha value is -1.53. The number of thiazole rings is 1. The van der Waals surface area contributed by atoms with Crippen molar-refractivity contribution in [3.05, 3.63) is 34.5 Å². The molecule has 2 aromatic heterocycles. The Morgan fingerprint density at radius 2 is 2.12 bits per heavy atom. The van der Waals surface area contributed by atoms with E-state index in [-0.39, 0.29) is 0 Å². The van der Waals surface area contributed by atoms with Crippen molar-refractivity contribution in [2.45, 2.75) is 13.8 Å². The second-order valence-corrected chi connectivity index (χ2v) is 5.20. The van der Waals surface area contributed by atoms with Gasteiger partial charge in [-0.25, -0.2) is 9.97 Å². The summed E-state index contributed by atoms with van der Waals surface area (Å²) >= 11 is 6.48. The molecule has 0 bridgehead atoms. The maximum Gasteiger partial charge on any atom is 0.188 e. The molecule has 3 N–H and O–H groups in total. The van der Waals surface area contributed by atoms with Crippen LogP contribution in [0.5, 0.6) is 0 Å². The Morgan fingerprint density at radius 3 is 2.71 bits per heavy atom. The Bertz CT molecular complexity index is 543. The highest BCUT2D eigenvalue weighted by atomic mass is 32.1. The van der Waals surface area contributed by atoms with Gasteiger partial charge in [-0.2, -0.15) is 0 Å². The minimum atomic E-state index is 0.292. The second kappa shape index (κ2) is 4.77. The molecule has 0 aliphatic carbocycles. The molecule has 0 unspecified atom stereocenters. The first kappa shape index (κ1) is 11.9. The minimum Gasteiger partial charge on any atom is -0.388 e. The van der Waals surface area contributed by atoms with E-state index in [4.69, 9.17) is 18.0 Å². The van der Waals surface area contributed by atoms with Crippen LogP contribution in [0, 0.1) is 13.8 Å². The SMILES string of the molecule is Cc1nc(Nc2cccc(C(N)=S)n2)sc1C. The summed E-state index contributed by atoms with van der Waals surface area (Å²) in [5.74, 6) is 0.698. The third kappa shape index (κ3) is 2.78. The standard InChI is InChI=1S/C11H12N4S2/c1-6-7(2)17-11(13-6)15-9-5-3-4-8(14-9)10(12)16/h3-5H,1-2H3,(H2,12,16)(H,13,14,15). The van der Waals surface area contributed by atoms with Crippen LogP contribution in [-0.2, 0) is 0 Å². The maximum absolute atomic E-state index is 5.53. The van der Waals surface area contributed by atoms with Gasteiger partial charge in [0.25, 0.3) is 0 Å². The molecule has 0 aromatic carbocycles. The van der Waals surface area contributed by atoms with E-state index in [0.717, 1.165) is 10.8 Å². The van der Waals surface area contributed by atoms with Gasteiger partial charge in [-0.15, -0.1) is 11.3 Å². The molecule has 2 aromatic rings. The first-order valence-electron chi connectivity index (χ1n) is 5.04. The largest absolute Gasteiger partial charge is 0.388 e. The number of nitrogens with zero attached hydrogens (tertiary/aromatic N) is 2. The topological polar surface area (TPSA) is 63.8 Å². The molecule has 0 spiro atoms. The first-order valence-corrected chi connectivity index (χ1v) is 6.26. The van der Waals surface area contributed by atoms with Gasteiger partial charge in [0, 0.05) is 4.88 Å². The molecule has 0 fully saturated rings. The summed E-state index contributed by atoms with van der Waals surface area (Å²) in [5.41, 5.74) is 7.17. The zero-order chi connectivity index (χ0) is 12.4. The van der Waals surface area contributed by atoms with Crippen LogP contribution in [-0.4, -0.2) is 15.0 Å². The predicted molar refractivity (Wildman–Crippen MR) is 75.0 cm³/mol. The van der Waals surface area contributed by atoms with E-state index >= 15 is 0 Å². The van der Waals surface area contributed by atoms with Crippen molar-refractivity contribution in [2.24, 2.45) is 5.73 Å². The molecule has 88 valence electrons. The summed E-state index contributed by atoms with van der Waals surface area (Å²) < 4.78 is 0. The number of aryl methyl sites for hydroxylation is 2. The van der Waals surface area contributed by atoms with Crippen LogP contribution in [0.1, 0.15) is 16.3 Å². The fourth-order valence-corrected chi connectivity index (χ4v) is 2.21. The van der Waals surface area contributed by atoms with Crippen LogP contribution >= 0.6 is 23.6 Å². The van der Waals surface area contributed by atoms with E-state index in [1.165, 1.54) is 4.88 Å². The van der Waals surface area contributed by atoms with Crippen LogP contribution in [0.25, 0.3) is 0 Å². The average molecular weight is 264 g/mol.